The lowest BCUT2D eigenvalue weighted by Gasteiger charge is -2.10. The van der Waals surface area contributed by atoms with E-state index in [-0.39, 0.29) is 48.0 Å². The molecule has 1 N–H and O–H groups in total. The molecule has 38 heavy (non-hydrogen) atoms. The molecule has 0 bridgehead atoms. The van der Waals surface area contributed by atoms with Gasteiger partial charge in [0.2, 0.25) is 0 Å². The highest BCUT2D eigenvalue weighted by Gasteiger charge is 2.16. The van der Waals surface area contributed by atoms with E-state index in [4.69, 9.17) is 37.6 Å². The molecule has 0 aliphatic carbocycles. The van der Waals surface area contributed by atoms with Crippen LogP contribution >= 0.6 is 0 Å². The summed E-state index contributed by atoms with van der Waals surface area (Å²) in [6.07, 6.45) is 0. The van der Waals surface area contributed by atoms with Gasteiger partial charge in [0.1, 0.15) is 40.6 Å². The van der Waals surface area contributed by atoms with Gasteiger partial charge in [-0.25, -0.2) is 4.79 Å². The average molecular weight is 533 g/mol. The number of hydrogen-bond acceptors (Lipinski definition) is 11. The van der Waals surface area contributed by atoms with Crippen molar-refractivity contribution in [1.82, 2.24) is 0 Å². The molecule has 0 spiro atoms. The van der Waals surface area contributed by atoms with Crippen LogP contribution in [-0.2, 0) is 28.5 Å². The van der Waals surface area contributed by atoms with Gasteiger partial charge in [-0.2, -0.15) is 0 Å². The van der Waals surface area contributed by atoms with Crippen molar-refractivity contribution in [2.75, 3.05) is 73.7 Å². The van der Waals surface area contributed by atoms with Crippen LogP contribution in [-0.4, -0.2) is 84.8 Å². The summed E-state index contributed by atoms with van der Waals surface area (Å²) in [5.74, 6) is -0.150. The summed E-state index contributed by atoms with van der Waals surface area (Å²) >= 11 is 0. The number of hydrogen-bond donors (Lipinski definition) is 1. The number of phenols is 1. The molecule has 3 rings (SSSR count). The van der Waals surface area contributed by atoms with Crippen molar-refractivity contribution in [1.29, 1.82) is 0 Å². The number of benzene rings is 2. The summed E-state index contributed by atoms with van der Waals surface area (Å²) in [4.78, 5) is 25.1. The van der Waals surface area contributed by atoms with E-state index < -0.39 is 11.4 Å². The fraction of sp³-hybridized carbons (Fsp3) is 0.407. The predicted octanol–water partition coefficient (Wildman–Crippen LogP) is 2.79. The molecule has 0 aliphatic heterocycles. The van der Waals surface area contributed by atoms with Crippen LogP contribution in [0.3, 0.4) is 0 Å². The molecule has 0 saturated heterocycles. The van der Waals surface area contributed by atoms with Gasteiger partial charge in [-0.05, 0) is 24.3 Å². The molecule has 206 valence electrons. The van der Waals surface area contributed by atoms with Gasteiger partial charge >= 0.3 is 5.97 Å². The van der Waals surface area contributed by atoms with E-state index in [1.807, 2.05) is 0 Å². The number of fused-ring (bicyclic) bond motifs is 1. The molecule has 1 heterocycles. The van der Waals surface area contributed by atoms with Gasteiger partial charge in [0, 0.05) is 30.9 Å². The summed E-state index contributed by atoms with van der Waals surface area (Å²) < 4.78 is 42.4. The third-order valence-corrected chi connectivity index (χ3v) is 5.15. The Bertz CT molecular complexity index is 1200. The SMILES string of the molecule is COCCOCCOCCOCCOCC(=O)Oc1cc(O)cc2oc(-c3ccc(OC)cc3)cc(=O)c12. The number of aromatic hydroxyl groups is 1. The molecule has 11 nitrogen and oxygen atoms in total. The summed E-state index contributed by atoms with van der Waals surface area (Å²) in [5, 5.41) is 10.1. The first-order chi connectivity index (χ1) is 18.5. The van der Waals surface area contributed by atoms with Crippen LogP contribution in [0.4, 0.5) is 0 Å². The second-order valence-electron chi connectivity index (χ2n) is 7.88. The molecule has 0 amide bonds. The van der Waals surface area contributed by atoms with Crippen LogP contribution in [0.1, 0.15) is 0 Å². The summed E-state index contributed by atoms with van der Waals surface area (Å²) in [5.41, 5.74) is 0.281. The molecule has 3 aromatic rings. The van der Waals surface area contributed by atoms with Gasteiger partial charge in [0.15, 0.2) is 5.43 Å². The lowest BCUT2D eigenvalue weighted by Crippen LogP contribution is -2.19. The number of methoxy groups -OCH3 is 2. The summed E-state index contributed by atoms with van der Waals surface area (Å²) in [6.45, 7) is 2.83. The Morgan fingerprint density at radius 2 is 1.42 bits per heavy atom. The number of carbonyl (C=O) groups is 1. The first-order valence-corrected chi connectivity index (χ1v) is 12.0. The van der Waals surface area contributed by atoms with Gasteiger partial charge in [0.05, 0.1) is 60.0 Å². The Morgan fingerprint density at radius 1 is 0.816 bits per heavy atom. The van der Waals surface area contributed by atoms with Crippen LogP contribution in [0, 0.1) is 0 Å². The number of esters is 1. The maximum absolute atomic E-state index is 12.9. The lowest BCUT2D eigenvalue weighted by molar-refractivity contribution is -0.140. The fourth-order valence-corrected chi connectivity index (χ4v) is 3.33. The van der Waals surface area contributed by atoms with E-state index in [0.717, 1.165) is 0 Å². The highest BCUT2D eigenvalue weighted by atomic mass is 16.6. The van der Waals surface area contributed by atoms with Crippen molar-refractivity contribution in [3.8, 4) is 28.6 Å². The number of rotatable bonds is 17. The van der Waals surface area contributed by atoms with Crippen LogP contribution in [0.25, 0.3) is 22.3 Å². The zero-order chi connectivity index (χ0) is 27.2. The Labute approximate surface area is 219 Å². The molecule has 0 radical (unpaired) electrons. The zero-order valence-corrected chi connectivity index (χ0v) is 21.4. The van der Waals surface area contributed by atoms with E-state index in [0.29, 0.717) is 51.0 Å². The van der Waals surface area contributed by atoms with Crippen molar-refractivity contribution in [2.45, 2.75) is 0 Å². The van der Waals surface area contributed by atoms with Crippen LogP contribution in [0.5, 0.6) is 17.2 Å². The Kier molecular flexibility index (Phi) is 12.0. The second-order valence-corrected chi connectivity index (χ2v) is 7.88. The van der Waals surface area contributed by atoms with Crippen LogP contribution < -0.4 is 14.9 Å². The molecule has 0 atom stereocenters. The first-order valence-electron chi connectivity index (χ1n) is 12.0. The maximum atomic E-state index is 12.9. The Morgan fingerprint density at radius 3 is 2.03 bits per heavy atom. The van der Waals surface area contributed by atoms with Crippen LogP contribution in [0.2, 0.25) is 0 Å². The van der Waals surface area contributed by atoms with Gasteiger partial charge in [-0.1, -0.05) is 0 Å². The van der Waals surface area contributed by atoms with E-state index >= 15 is 0 Å². The van der Waals surface area contributed by atoms with E-state index in [2.05, 4.69) is 0 Å². The highest BCUT2D eigenvalue weighted by molar-refractivity contribution is 5.89. The van der Waals surface area contributed by atoms with Gasteiger partial charge in [0.25, 0.3) is 0 Å². The average Bonchev–Trinajstić information content (AvgIpc) is 2.90. The largest absolute Gasteiger partial charge is 0.508 e. The van der Waals surface area contributed by atoms with E-state index in [1.165, 1.54) is 18.2 Å². The predicted molar refractivity (Wildman–Crippen MR) is 137 cm³/mol. The number of phenolic OH excluding ortho intramolecular Hbond substituents is 1. The third kappa shape index (κ3) is 9.12. The normalized spacial score (nSPS) is 11.1. The minimum atomic E-state index is -0.743. The van der Waals surface area contributed by atoms with Crippen molar-refractivity contribution in [3.05, 3.63) is 52.7 Å². The van der Waals surface area contributed by atoms with Crippen LogP contribution in [0.15, 0.2) is 51.7 Å². The molecule has 2 aromatic carbocycles. The minimum absolute atomic E-state index is 0.0286. The Hall–Kier alpha value is -3.48. The Balaban J connectivity index is 1.45. The monoisotopic (exact) mass is 532 g/mol. The van der Waals surface area contributed by atoms with Gasteiger partial charge in [-0.3, -0.25) is 4.79 Å². The van der Waals surface area contributed by atoms with Crippen molar-refractivity contribution >= 4 is 16.9 Å². The summed E-state index contributed by atoms with van der Waals surface area (Å²) in [7, 11) is 3.16. The fourth-order valence-electron chi connectivity index (χ4n) is 3.33. The number of ether oxygens (including phenoxy) is 7. The second kappa shape index (κ2) is 15.7. The minimum Gasteiger partial charge on any atom is -0.508 e. The first kappa shape index (κ1) is 29.1. The van der Waals surface area contributed by atoms with Gasteiger partial charge in [-0.15, -0.1) is 0 Å². The zero-order valence-electron chi connectivity index (χ0n) is 21.4. The molecule has 11 heteroatoms. The van der Waals surface area contributed by atoms with E-state index in [9.17, 15) is 14.7 Å². The molecule has 0 fully saturated rings. The smallest absolute Gasteiger partial charge is 0.337 e. The van der Waals surface area contributed by atoms with Crippen molar-refractivity contribution in [2.24, 2.45) is 0 Å². The lowest BCUT2D eigenvalue weighted by atomic mass is 10.1. The molecule has 0 unspecified atom stereocenters. The maximum Gasteiger partial charge on any atom is 0.337 e. The molecule has 1 aromatic heterocycles. The van der Waals surface area contributed by atoms with E-state index in [1.54, 1.807) is 38.5 Å². The highest BCUT2D eigenvalue weighted by Crippen LogP contribution is 2.32. The molecule has 0 saturated carbocycles. The topological polar surface area (TPSA) is 132 Å². The van der Waals surface area contributed by atoms with Crippen molar-refractivity contribution < 1.29 is 47.5 Å². The molecular weight excluding hydrogens is 500 g/mol. The van der Waals surface area contributed by atoms with Gasteiger partial charge < -0.3 is 42.7 Å². The third-order valence-electron chi connectivity index (χ3n) is 5.15. The number of carbonyl (C=O) groups excluding carboxylic acids is 1. The summed E-state index contributed by atoms with van der Waals surface area (Å²) in [6, 6.07) is 10.7. The van der Waals surface area contributed by atoms with Crippen molar-refractivity contribution in [3.63, 3.8) is 0 Å². The standard InChI is InChI=1S/C27H32O11/c1-31-7-8-33-9-10-34-11-12-35-13-14-36-18-26(30)38-25-16-20(28)15-24-27(25)22(29)17-23(37-24)19-3-5-21(32-2)6-4-19/h3-6,15-17,28H,7-14,18H2,1-2H3. The molecular formula is C27H32O11. The quantitative estimate of drug-likeness (QED) is 0.156. The molecule has 0 aliphatic rings.